The van der Waals surface area contributed by atoms with Crippen LogP contribution < -0.4 is 4.74 Å². The molecule has 10 heavy (non-hydrogen) atoms. The summed E-state index contributed by atoms with van der Waals surface area (Å²) in [5, 5.41) is 0. The van der Waals surface area contributed by atoms with Gasteiger partial charge in [-0.3, -0.25) is 4.79 Å². The summed E-state index contributed by atoms with van der Waals surface area (Å²) in [5.41, 5.74) is 0.655. The van der Waals surface area contributed by atoms with Gasteiger partial charge in [0.25, 0.3) is 0 Å². The molecule has 1 radical (unpaired) electrons. The van der Waals surface area contributed by atoms with Gasteiger partial charge in [0, 0.05) is 0 Å². The van der Waals surface area contributed by atoms with Crippen molar-refractivity contribution in [1.29, 1.82) is 0 Å². The lowest BCUT2D eigenvalue weighted by Gasteiger charge is -1.91. The van der Waals surface area contributed by atoms with Crippen molar-refractivity contribution < 1.29 is 9.53 Å². The van der Waals surface area contributed by atoms with E-state index in [4.69, 9.17) is 4.74 Å². The van der Waals surface area contributed by atoms with Gasteiger partial charge in [0.05, 0.1) is 5.56 Å². The molecule has 1 aromatic rings. The molecule has 0 amide bonds. The van der Waals surface area contributed by atoms with Gasteiger partial charge in [-0.2, -0.15) is 0 Å². The van der Waals surface area contributed by atoms with E-state index in [0.29, 0.717) is 11.3 Å². The number of rotatable bonds is 0. The number of hydrogen-bond acceptors (Lipinski definition) is 2. The van der Waals surface area contributed by atoms with E-state index in [0.717, 1.165) is 0 Å². The summed E-state index contributed by atoms with van der Waals surface area (Å²) >= 11 is 0. The molecule has 0 aliphatic carbocycles. The highest BCUT2D eigenvalue weighted by Crippen LogP contribution is 2.23. The van der Waals surface area contributed by atoms with Gasteiger partial charge in [-0.1, -0.05) is 6.07 Å². The molecular formula is C8H5O2. The number of carbonyl (C=O) groups is 1. The van der Waals surface area contributed by atoms with Crippen LogP contribution in [0.1, 0.15) is 10.4 Å². The lowest BCUT2D eigenvalue weighted by Crippen LogP contribution is -1.98. The van der Waals surface area contributed by atoms with Gasteiger partial charge in [0.1, 0.15) is 5.75 Å². The van der Waals surface area contributed by atoms with Crippen molar-refractivity contribution in [2.75, 3.05) is 6.61 Å². The van der Waals surface area contributed by atoms with Gasteiger partial charge in [0.2, 0.25) is 5.78 Å². The zero-order chi connectivity index (χ0) is 6.97. The minimum absolute atomic E-state index is 0.0480. The molecule has 1 aliphatic heterocycles. The molecule has 0 N–H and O–H groups in total. The Morgan fingerprint density at radius 3 is 3.30 bits per heavy atom. The molecular weight excluding hydrogens is 128 g/mol. The Morgan fingerprint density at radius 2 is 2.50 bits per heavy atom. The highest BCUT2D eigenvalue weighted by Gasteiger charge is 2.19. The molecule has 0 bridgehead atoms. The van der Waals surface area contributed by atoms with E-state index in [1.165, 1.54) is 0 Å². The molecule has 49 valence electrons. The van der Waals surface area contributed by atoms with Gasteiger partial charge >= 0.3 is 0 Å². The molecule has 0 aromatic heterocycles. The first-order valence-electron chi connectivity index (χ1n) is 3.04. The standard InChI is InChI=1S/C8H5O2/c9-7-5-10-8-4-2-1-3-6(7)8/h2-4H,5H2. The van der Waals surface area contributed by atoms with Crippen LogP contribution in [0, 0.1) is 6.07 Å². The minimum Gasteiger partial charge on any atom is -0.485 e. The van der Waals surface area contributed by atoms with Crippen molar-refractivity contribution in [2.45, 2.75) is 0 Å². The highest BCUT2D eigenvalue weighted by molar-refractivity contribution is 6.02. The fraction of sp³-hybridized carbons (Fsp3) is 0.125. The number of carbonyl (C=O) groups excluding carboxylic acids is 1. The van der Waals surface area contributed by atoms with Gasteiger partial charge < -0.3 is 4.74 Å². The largest absolute Gasteiger partial charge is 0.485 e. The summed E-state index contributed by atoms with van der Waals surface area (Å²) in [7, 11) is 0. The summed E-state index contributed by atoms with van der Waals surface area (Å²) in [5.74, 6) is 0.732. The van der Waals surface area contributed by atoms with E-state index in [1.54, 1.807) is 18.2 Å². The lowest BCUT2D eigenvalue weighted by atomic mass is 10.2. The molecule has 0 saturated heterocycles. The minimum atomic E-state index is 0.0480. The zero-order valence-corrected chi connectivity index (χ0v) is 5.26. The number of ketones is 1. The Bertz CT molecular complexity index is 278. The van der Waals surface area contributed by atoms with Crippen molar-refractivity contribution in [3.05, 3.63) is 29.8 Å². The van der Waals surface area contributed by atoms with Crippen LogP contribution in [0.2, 0.25) is 0 Å². The summed E-state index contributed by atoms with van der Waals surface area (Å²) in [6.45, 7) is 0.188. The predicted octanol–water partition coefficient (Wildman–Crippen LogP) is 1.06. The van der Waals surface area contributed by atoms with Crippen LogP contribution in [0.4, 0.5) is 0 Å². The monoisotopic (exact) mass is 133 g/mol. The molecule has 0 spiro atoms. The van der Waals surface area contributed by atoms with Crippen LogP contribution in [-0.4, -0.2) is 12.4 Å². The van der Waals surface area contributed by atoms with E-state index >= 15 is 0 Å². The van der Waals surface area contributed by atoms with E-state index < -0.39 is 0 Å². The maximum absolute atomic E-state index is 10.9. The Morgan fingerprint density at radius 1 is 1.60 bits per heavy atom. The van der Waals surface area contributed by atoms with Crippen LogP contribution >= 0.6 is 0 Å². The average molecular weight is 133 g/mol. The van der Waals surface area contributed by atoms with Crippen LogP contribution in [0.25, 0.3) is 0 Å². The molecule has 2 nitrogen and oxygen atoms in total. The van der Waals surface area contributed by atoms with E-state index in [1.807, 2.05) is 0 Å². The van der Waals surface area contributed by atoms with Crippen molar-refractivity contribution >= 4 is 5.78 Å². The Hall–Kier alpha value is -1.31. The van der Waals surface area contributed by atoms with Gasteiger partial charge in [0.15, 0.2) is 6.61 Å². The van der Waals surface area contributed by atoms with Gasteiger partial charge in [-0.05, 0) is 18.2 Å². The van der Waals surface area contributed by atoms with Crippen molar-refractivity contribution in [3.8, 4) is 5.75 Å². The number of fused-ring (bicyclic) bond motifs is 1. The average Bonchev–Trinajstić information content (AvgIpc) is 2.34. The third kappa shape index (κ3) is 0.620. The quantitative estimate of drug-likeness (QED) is 0.529. The molecule has 1 heterocycles. The SMILES string of the molecule is O=C1COc2cc[c]cc21. The summed E-state index contributed by atoms with van der Waals surface area (Å²) in [4.78, 5) is 10.9. The maximum Gasteiger partial charge on any atom is 0.203 e. The Kier molecular flexibility index (Phi) is 1.01. The van der Waals surface area contributed by atoms with Crippen molar-refractivity contribution in [1.82, 2.24) is 0 Å². The number of hydrogen-bond donors (Lipinski definition) is 0. The topological polar surface area (TPSA) is 26.3 Å². The molecule has 0 saturated carbocycles. The van der Waals surface area contributed by atoms with Crippen LogP contribution in [-0.2, 0) is 0 Å². The fourth-order valence-electron chi connectivity index (χ4n) is 0.981. The third-order valence-corrected chi connectivity index (χ3v) is 1.48. The first kappa shape index (κ1) is 5.47. The van der Waals surface area contributed by atoms with Gasteiger partial charge in [-0.25, -0.2) is 0 Å². The third-order valence-electron chi connectivity index (χ3n) is 1.48. The number of ether oxygens (including phenoxy) is 1. The second-order valence-corrected chi connectivity index (χ2v) is 2.13. The maximum atomic E-state index is 10.9. The molecule has 0 fully saturated rings. The molecule has 1 aliphatic rings. The summed E-state index contributed by atoms with van der Waals surface area (Å²) in [6, 6.07) is 7.96. The lowest BCUT2D eigenvalue weighted by molar-refractivity contribution is 0.0961. The van der Waals surface area contributed by atoms with E-state index in [9.17, 15) is 4.79 Å². The van der Waals surface area contributed by atoms with E-state index in [-0.39, 0.29) is 12.4 Å². The van der Waals surface area contributed by atoms with Crippen LogP contribution in [0.15, 0.2) is 18.2 Å². The number of Topliss-reactive ketones (excluding diaryl/α,β-unsaturated/α-hetero) is 1. The fourth-order valence-corrected chi connectivity index (χ4v) is 0.981. The first-order valence-corrected chi connectivity index (χ1v) is 3.04. The molecule has 0 atom stereocenters. The Balaban J connectivity index is 2.61. The summed E-state index contributed by atoms with van der Waals surface area (Å²) in [6.07, 6.45) is 0. The van der Waals surface area contributed by atoms with Crippen molar-refractivity contribution in [3.63, 3.8) is 0 Å². The number of benzene rings is 1. The molecule has 0 unspecified atom stereocenters. The van der Waals surface area contributed by atoms with Crippen LogP contribution in [0.3, 0.4) is 0 Å². The predicted molar refractivity (Wildman–Crippen MR) is 35.1 cm³/mol. The summed E-state index contributed by atoms with van der Waals surface area (Å²) < 4.78 is 5.04. The molecule has 1 aromatic carbocycles. The smallest absolute Gasteiger partial charge is 0.203 e. The van der Waals surface area contributed by atoms with Crippen molar-refractivity contribution in [2.24, 2.45) is 0 Å². The molecule has 2 rings (SSSR count). The second-order valence-electron chi connectivity index (χ2n) is 2.13. The molecule has 2 heteroatoms. The second kappa shape index (κ2) is 1.84. The normalized spacial score (nSPS) is 14.6. The zero-order valence-electron chi connectivity index (χ0n) is 5.26. The Labute approximate surface area is 58.4 Å². The van der Waals surface area contributed by atoms with Gasteiger partial charge in [-0.15, -0.1) is 0 Å². The van der Waals surface area contributed by atoms with Crippen LogP contribution in [0.5, 0.6) is 5.75 Å². The van der Waals surface area contributed by atoms with E-state index in [2.05, 4.69) is 6.07 Å². The highest BCUT2D eigenvalue weighted by atomic mass is 16.5. The first-order chi connectivity index (χ1) is 4.88.